The Morgan fingerprint density at radius 1 is 1.55 bits per heavy atom. The number of aromatic nitrogens is 2. The zero-order valence-corrected chi connectivity index (χ0v) is 13.4. The summed E-state index contributed by atoms with van der Waals surface area (Å²) in [5.74, 6) is 0.724. The Labute approximate surface area is 133 Å². The molecule has 1 aliphatic rings. The molecule has 0 bridgehead atoms. The van der Waals surface area contributed by atoms with E-state index in [1.807, 2.05) is 29.1 Å². The molecule has 1 aliphatic heterocycles. The van der Waals surface area contributed by atoms with Gasteiger partial charge in [0.05, 0.1) is 32.0 Å². The minimum atomic E-state index is -0.0120. The molecule has 118 valence electrons. The molecule has 7 heteroatoms. The lowest BCUT2D eigenvalue weighted by Crippen LogP contribution is -2.44. The van der Waals surface area contributed by atoms with E-state index in [1.54, 1.807) is 17.5 Å². The van der Waals surface area contributed by atoms with E-state index in [4.69, 9.17) is 4.74 Å². The van der Waals surface area contributed by atoms with Gasteiger partial charge in [-0.3, -0.25) is 9.69 Å². The molecule has 1 saturated heterocycles. The molecule has 0 aromatic carbocycles. The maximum absolute atomic E-state index is 12.2. The minimum Gasteiger partial charge on any atom is -0.376 e. The third kappa shape index (κ3) is 3.94. The third-order valence-corrected chi connectivity index (χ3v) is 4.42. The Hall–Kier alpha value is -1.70. The van der Waals surface area contributed by atoms with Crippen molar-refractivity contribution in [3.05, 3.63) is 34.7 Å². The Kier molecular flexibility index (Phi) is 4.87. The van der Waals surface area contributed by atoms with Gasteiger partial charge in [0, 0.05) is 24.0 Å². The van der Waals surface area contributed by atoms with E-state index in [-0.39, 0.29) is 12.0 Å². The summed E-state index contributed by atoms with van der Waals surface area (Å²) in [6.45, 7) is 5.37. The van der Waals surface area contributed by atoms with Crippen molar-refractivity contribution in [2.24, 2.45) is 0 Å². The molecule has 6 nitrogen and oxygen atoms in total. The Balaban J connectivity index is 1.56. The standard InChI is InChI=1S/C15H20N4O2S/c1-12-9-18(6-7-21-12)11-15(20)17-14-4-5-16-19(14)10-13-3-2-8-22-13/h2-5,8,12H,6-7,9-11H2,1H3,(H,17,20). The maximum atomic E-state index is 12.2. The zero-order chi connectivity index (χ0) is 15.4. The van der Waals surface area contributed by atoms with E-state index in [2.05, 4.69) is 21.4 Å². The molecule has 2 aromatic heterocycles. The van der Waals surface area contributed by atoms with Crippen LogP contribution >= 0.6 is 11.3 Å². The molecule has 1 unspecified atom stereocenters. The average molecular weight is 320 g/mol. The first-order valence-electron chi connectivity index (χ1n) is 7.39. The summed E-state index contributed by atoms with van der Waals surface area (Å²) in [5, 5.41) is 9.27. The summed E-state index contributed by atoms with van der Waals surface area (Å²) in [7, 11) is 0. The van der Waals surface area contributed by atoms with Gasteiger partial charge < -0.3 is 10.1 Å². The fourth-order valence-electron chi connectivity index (χ4n) is 2.53. The topological polar surface area (TPSA) is 59.4 Å². The lowest BCUT2D eigenvalue weighted by atomic mass is 10.3. The van der Waals surface area contributed by atoms with Crippen molar-refractivity contribution in [1.82, 2.24) is 14.7 Å². The molecular formula is C15H20N4O2S. The highest BCUT2D eigenvalue weighted by Gasteiger charge is 2.19. The van der Waals surface area contributed by atoms with Crippen LogP contribution < -0.4 is 5.32 Å². The number of nitrogens with one attached hydrogen (secondary N) is 1. The summed E-state index contributed by atoms with van der Waals surface area (Å²) in [6, 6.07) is 5.90. The molecule has 0 saturated carbocycles. The van der Waals surface area contributed by atoms with Gasteiger partial charge in [-0.1, -0.05) is 6.07 Å². The molecule has 1 amide bonds. The lowest BCUT2D eigenvalue weighted by Gasteiger charge is -2.30. The number of anilines is 1. The summed E-state index contributed by atoms with van der Waals surface area (Å²) in [6.07, 6.45) is 1.89. The van der Waals surface area contributed by atoms with Crippen molar-refractivity contribution in [3.8, 4) is 0 Å². The highest BCUT2D eigenvalue weighted by Crippen LogP contribution is 2.14. The molecule has 1 fully saturated rings. The Morgan fingerprint density at radius 2 is 2.45 bits per heavy atom. The first-order chi connectivity index (χ1) is 10.7. The van der Waals surface area contributed by atoms with Crippen molar-refractivity contribution in [3.63, 3.8) is 0 Å². The van der Waals surface area contributed by atoms with E-state index in [1.165, 1.54) is 4.88 Å². The van der Waals surface area contributed by atoms with Crippen LogP contribution in [0.15, 0.2) is 29.8 Å². The van der Waals surface area contributed by atoms with Crippen LogP contribution in [0.3, 0.4) is 0 Å². The van der Waals surface area contributed by atoms with Crippen molar-refractivity contribution in [2.75, 3.05) is 31.6 Å². The molecule has 0 spiro atoms. The predicted octanol–water partition coefficient (Wildman–Crippen LogP) is 1.65. The van der Waals surface area contributed by atoms with Crippen LogP contribution in [-0.4, -0.2) is 52.9 Å². The fraction of sp³-hybridized carbons (Fsp3) is 0.467. The van der Waals surface area contributed by atoms with Crippen molar-refractivity contribution < 1.29 is 9.53 Å². The quantitative estimate of drug-likeness (QED) is 0.910. The molecule has 3 rings (SSSR count). The normalized spacial score (nSPS) is 19.2. The zero-order valence-electron chi connectivity index (χ0n) is 12.6. The van der Waals surface area contributed by atoms with E-state index in [9.17, 15) is 4.79 Å². The van der Waals surface area contributed by atoms with E-state index in [0.717, 1.165) is 18.9 Å². The van der Waals surface area contributed by atoms with Gasteiger partial charge in [0.25, 0.3) is 0 Å². The van der Waals surface area contributed by atoms with Gasteiger partial charge in [0.2, 0.25) is 5.91 Å². The summed E-state index contributed by atoms with van der Waals surface area (Å²) in [5.41, 5.74) is 0. The summed E-state index contributed by atoms with van der Waals surface area (Å²) < 4.78 is 7.30. The first kappa shape index (κ1) is 15.2. The van der Waals surface area contributed by atoms with Crippen LogP contribution in [0.2, 0.25) is 0 Å². The molecule has 2 aromatic rings. The third-order valence-electron chi connectivity index (χ3n) is 3.56. The smallest absolute Gasteiger partial charge is 0.239 e. The van der Waals surface area contributed by atoms with E-state index < -0.39 is 0 Å². The van der Waals surface area contributed by atoms with Gasteiger partial charge in [0.15, 0.2) is 0 Å². The van der Waals surface area contributed by atoms with Crippen LogP contribution in [-0.2, 0) is 16.1 Å². The van der Waals surface area contributed by atoms with Gasteiger partial charge in [-0.15, -0.1) is 11.3 Å². The molecule has 3 heterocycles. The van der Waals surface area contributed by atoms with Crippen LogP contribution in [0.4, 0.5) is 5.82 Å². The van der Waals surface area contributed by atoms with Gasteiger partial charge in [-0.05, 0) is 18.4 Å². The highest BCUT2D eigenvalue weighted by molar-refractivity contribution is 7.09. The van der Waals surface area contributed by atoms with Crippen LogP contribution in [0.1, 0.15) is 11.8 Å². The molecule has 0 aliphatic carbocycles. The number of rotatable bonds is 5. The highest BCUT2D eigenvalue weighted by atomic mass is 32.1. The number of carbonyl (C=O) groups excluding carboxylic acids is 1. The second-order valence-electron chi connectivity index (χ2n) is 5.42. The van der Waals surface area contributed by atoms with Crippen LogP contribution in [0.25, 0.3) is 0 Å². The molecule has 1 N–H and O–H groups in total. The number of morpholine rings is 1. The Bertz CT molecular complexity index is 611. The lowest BCUT2D eigenvalue weighted by molar-refractivity contribution is -0.119. The van der Waals surface area contributed by atoms with Crippen molar-refractivity contribution in [1.29, 1.82) is 0 Å². The number of nitrogens with zero attached hydrogens (tertiary/aromatic N) is 3. The monoisotopic (exact) mass is 320 g/mol. The maximum Gasteiger partial charge on any atom is 0.239 e. The van der Waals surface area contributed by atoms with Crippen molar-refractivity contribution >= 4 is 23.1 Å². The fourth-order valence-corrected chi connectivity index (χ4v) is 3.22. The number of carbonyl (C=O) groups is 1. The number of ether oxygens (including phenoxy) is 1. The van der Waals surface area contributed by atoms with E-state index in [0.29, 0.717) is 19.7 Å². The number of amides is 1. The van der Waals surface area contributed by atoms with Gasteiger partial charge >= 0.3 is 0 Å². The summed E-state index contributed by atoms with van der Waals surface area (Å²) in [4.78, 5) is 15.5. The van der Waals surface area contributed by atoms with Gasteiger partial charge in [-0.2, -0.15) is 5.10 Å². The number of thiophene rings is 1. The largest absolute Gasteiger partial charge is 0.376 e. The SMILES string of the molecule is CC1CN(CC(=O)Nc2ccnn2Cc2cccs2)CCO1. The van der Waals surface area contributed by atoms with Gasteiger partial charge in [-0.25, -0.2) is 4.68 Å². The van der Waals surface area contributed by atoms with Crippen LogP contribution in [0, 0.1) is 0 Å². The molecular weight excluding hydrogens is 300 g/mol. The molecule has 0 radical (unpaired) electrons. The van der Waals surface area contributed by atoms with Gasteiger partial charge in [0.1, 0.15) is 5.82 Å². The minimum absolute atomic E-state index is 0.0120. The van der Waals surface area contributed by atoms with Crippen LogP contribution in [0.5, 0.6) is 0 Å². The predicted molar refractivity (Wildman–Crippen MR) is 86.1 cm³/mol. The number of hydrogen-bond acceptors (Lipinski definition) is 5. The average Bonchev–Trinajstić information content (AvgIpc) is 3.12. The molecule has 1 atom stereocenters. The number of hydrogen-bond donors (Lipinski definition) is 1. The van der Waals surface area contributed by atoms with Crippen molar-refractivity contribution in [2.45, 2.75) is 19.6 Å². The van der Waals surface area contributed by atoms with E-state index >= 15 is 0 Å². The Morgan fingerprint density at radius 3 is 3.23 bits per heavy atom. The second-order valence-corrected chi connectivity index (χ2v) is 6.45. The second kappa shape index (κ2) is 7.04. The summed E-state index contributed by atoms with van der Waals surface area (Å²) >= 11 is 1.68. The molecule has 22 heavy (non-hydrogen) atoms. The first-order valence-corrected chi connectivity index (χ1v) is 8.26.